The van der Waals surface area contributed by atoms with Crippen molar-refractivity contribution in [1.29, 1.82) is 0 Å². The third-order valence-electron chi connectivity index (χ3n) is 7.90. The van der Waals surface area contributed by atoms with Gasteiger partial charge in [0.05, 0.1) is 40.4 Å². The lowest BCUT2D eigenvalue weighted by atomic mass is 9.96. The number of hydrogen-bond donors (Lipinski definition) is 1. The largest absolute Gasteiger partial charge is 0.495 e. The highest BCUT2D eigenvalue weighted by Crippen LogP contribution is 2.45. The first kappa shape index (κ1) is 30.7. The predicted octanol–water partition coefficient (Wildman–Crippen LogP) is 7.64. The van der Waals surface area contributed by atoms with Crippen LogP contribution in [0.15, 0.2) is 107 Å². The molecule has 0 unspecified atom stereocenters. The van der Waals surface area contributed by atoms with Gasteiger partial charge in [0.1, 0.15) is 5.75 Å². The van der Waals surface area contributed by atoms with E-state index in [2.05, 4.69) is 21.3 Å². The standard InChI is InChI=1S/C33H28N6O5S2/c1-20-18-27(21(2)36(20)29-19-24(39(42)43)11-16-30(29)44-3)32-31(28-6-4-5-17-34-28)35-33(45)37(32)22-7-12-25(13-8-22)46-26-14-9-23(10-15-26)38(40)41/h4-19,31-32H,1-3H3,(H,35,45)/t31-,32-/m0/s1. The predicted molar refractivity (Wildman–Crippen MR) is 180 cm³/mol. The molecule has 0 saturated carbocycles. The highest BCUT2D eigenvalue weighted by molar-refractivity contribution is 7.99. The molecule has 3 heterocycles. The number of thiocarbonyl (C=S) groups is 1. The second kappa shape index (κ2) is 12.6. The maximum atomic E-state index is 11.7. The van der Waals surface area contributed by atoms with Crippen LogP contribution in [-0.2, 0) is 0 Å². The van der Waals surface area contributed by atoms with Crippen LogP contribution in [0.3, 0.4) is 0 Å². The molecule has 0 bridgehead atoms. The minimum atomic E-state index is -0.417. The Hall–Kier alpha value is -5.27. The van der Waals surface area contributed by atoms with Crippen molar-refractivity contribution in [3.63, 3.8) is 0 Å². The van der Waals surface area contributed by atoms with E-state index in [0.717, 1.165) is 38.1 Å². The molecule has 1 fully saturated rings. The van der Waals surface area contributed by atoms with Crippen molar-refractivity contribution >= 4 is 46.2 Å². The molecule has 232 valence electrons. The molecule has 46 heavy (non-hydrogen) atoms. The molecule has 0 spiro atoms. The topological polar surface area (TPSA) is 129 Å². The number of ether oxygens (including phenoxy) is 1. The van der Waals surface area contributed by atoms with E-state index in [0.29, 0.717) is 16.5 Å². The van der Waals surface area contributed by atoms with Gasteiger partial charge in [-0.15, -0.1) is 0 Å². The van der Waals surface area contributed by atoms with E-state index in [9.17, 15) is 20.2 Å². The number of methoxy groups -OCH3 is 1. The van der Waals surface area contributed by atoms with Gasteiger partial charge in [-0.2, -0.15) is 0 Å². The van der Waals surface area contributed by atoms with Crippen molar-refractivity contribution in [1.82, 2.24) is 14.9 Å². The quantitative estimate of drug-likeness (QED) is 0.0963. The number of hydrogen-bond acceptors (Lipinski definition) is 8. The van der Waals surface area contributed by atoms with Gasteiger partial charge in [0.25, 0.3) is 11.4 Å². The Morgan fingerprint density at radius 3 is 2.15 bits per heavy atom. The molecule has 6 rings (SSSR count). The molecule has 0 radical (unpaired) electrons. The molecule has 1 saturated heterocycles. The van der Waals surface area contributed by atoms with Gasteiger partial charge in [-0.1, -0.05) is 17.8 Å². The normalized spacial score (nSPS) is 15.9. The number of pyridine rings is 1. The number of nitrogens with zero attached hydrogens (tertiary/aromatic N) is 5. The van der Waals surface area contributed by atoms with Crippen LogP contribution in [0.25, 0.3) is 5.69 Å². The van der Waals surface area contributed by atoms with E-state index in [-0.39, 0.29) is 23.5 Å². The summed E-state index contributed by atoms with van der Waals surface area (Å²) in [5.74, 6) is 0.512. The van der Waals surface area contributed by atoms with Gasteiger partial charge in [-0.25, -0.2) is 0 Å². The van der Waals surface area contributed by atoms with Gasteiger partial charge < -0.3 is 19.5 Å². The van der Waals surface area contributed by atoms with Crippen molar-refractivity contribution in [3.05, 3.63) is 140 Å². The smallest absolute Gasteiger partial charge is 0.271 e. The van der Waals surface area contributed by atoms with Crippen molar-refractivity contribution in [2.24, 2.45) is 0 Å². The fraction of sp³-hybridized carbons (Fsp3) is 0.152. The zero-order chi connectivity index (χ0) is 32.5. The first-order valence-electron chi connectivity index (χ1n) is 14.2. The van der Waals surface area contributed by atoms with Crippen LogP contribution in [0.5, 0.6) is 5.75 Å². The van der Waals surface area contributed by atoms with Crippen molar-refractivity contribution < 1.29 is 14.6 Å². The Morgan fingerprint density at radius 2 is 1.54 bits per heavy atom. The number of anilines is 1. The molecule has 1 aliphatic rings. The van der Waals surface area contributed by atoms with Crippen molar-refractivity contribution in [2.45, 2.75) is 35.7 Å². The van der Waals surface area contributed by atoms with Crippen LogP contribution in [0.4, 0.5) is 17.1 Å². The summed E-state index contributed by atoms with van der Waals surface area (Å²) < 4.78 is 7.59. The average Bonchev–Trinajstić information content (AvgIpc) is 3.55. The van der Waals surface area contributed by atoms with Gasteiger partial charge in [0, 0.05) is 57.3 Å². The number of nitro benzene ring substituents is 2. The number of non-ortho nitro benzene ring substituents is 2. The molecule has 11 nitrogen and oxygen atoms in total. The summed E-state index contributed by atoms with van der Waals surface area (Å²) in [7, 11) is 1.54. The van der Waals surface area contributed by atoms with Crippen LogP contribution in [0.1, 0.15) is 34.7 Å². The number of rotatable bonds is 9. The Bertz CT molecular complexity index is 1950. The van der Waals surface area contributed by atoms with Gasteiger partial charge in [-0.05, 0) is 92.3 Å². The molecule has 1 N–H and O–H groups in total. The molecule has 2 aromatic heterocycles. The van der Waals surface area contributed by atoms with E-state index in [1.54, 1.807) is 31.5 Å². The third kappa shape index (κ3) is 5.77. The molecule has 0 aliphatic carbocycles. The summed E-state index contributed by atoms with van der Waals surface area (Å²) in [6, 6.07) is 26.2. The number of nitrogens with one attached hydrogen (secondary N) is 1. The van der Waals surface area contributed by atoms with Crippen molar-refractivity contribution in [3.8, 4) is 11.4 Å². The van der Waals surface area contributed by atoms with Crippen LogP contribution < -0.4 is 15.0 Å². The molecular weight excluding hydrogens is 625 g/mol. The zero-order valence-electron chi connectivity index (χ0n) is 25.0. The lowest BCUT2D eigenvalue weighted by Crippen LogP contribution is -2.29. The molecule has 13 heteroatoms. The third-order valence-corrected chi connectivity index (χ3v) is 9.23. The fourth-order valence-corrected chi connectivity index (χ4v) is 6.98. The Morgan fingerprint density at radius 1 is 0.891 bits per heavy atom. The van der Waals surface area contributed by atoms with E-state index >= 15 is 0 Å². The van der Waals surface area contributed by atoms with Crippen LogP contribution in [0, 0.1) is 34.1 Å². The van der Waals surface area contributed by atoms with Crippen LogP contribution >= 0.6 is 24.0 Å². The molecule has 3 aromatic carbocycles. The second-order valence-electron chi connectivity index (χ2n) is 10.6. The van der Waals surface area contributed by atoms with E-state index in [4.69, 9.17) is 17.0 Å². The van der Waals surface area contributed by atoms with E-state index < -0.39 is 9.85 Å². The molecule has 0 amide bonds. The lowest BCUT2D eigenvalue weighted by Gasteiger charge is -2.28. The maximum absolute atomic E-state index is 11.7. The molecular formula is C33H28N6O5S2. The van der Waals surface area contributed by atoms with Gasteiger partial charge in [0.15, 0.2) is 5.11 Å². The van der Waals surface area contributed by atoms with Crippen LogP contribution in [-0.4, -0.2) is 31.6 Å². The first-order chi connectivity index (χ1) is 22.2. The zero-order valence-corrected chi connectivity index (χ0v) is 26.6. The van der Waals surface area contributed by atoms with E-state index in [1.165, 1.54) is 36.0 Å². The monoisotopic (exact) mass is 652 g/mol. The summed E-state index contributed by atoms with van der Waals surface area (Å²) in [6.45, 7) is 3.94. The number of aromatic nitrogens is 2. The summed E-state index contributed by atoms with van der Waals surface area (Å²) in [6.07, 6.45) is 1.75. The van der Waals surface area contributed by atoms with E-state index in [1.807, 2.05) is 60.9 Å². The van der Waals surface area contributed by atoms with Crippen LogP contribution in [0.2, 0.25) is 0 Å². The summed E-state index contributed by atoms with van der Waals surface area (Å²) in [5.41, 5.74) is 4.99. The molecule has 1 aliphatic heterocycles. The lowest BCUT2D eigenvalue weighted by molar-refractivity contribution is -0.385. The Kier molecular flexibility index (Phi) is 8.43. The minimum absolute atomic E-state index is 0.0340. The summed E-state index contributed by atoms with van der Waals surface area (Å²) in [4.78, 5) is 30.4. The fourth-order valence-electron chi connectivity index (χ4n) is 5.82. The van der Waals surface area contributed by atoms with Gasteiger partial charge in [-0.3, -0.25) is 25.2 Å². The second-order valence-corrected chi connectivity index (χ2v) is 12.2. The SMILES string of the molecule is COc1ccc([N+](=O)[O-])cc1-n1c(C)cc([C@H]2[C@H](c3ccccn3)NC(=S)N2c2ccc(Sc3ccc([N+](=O)[O-])cc3)cc2)c1C. The average molecular weight is 653 g/mol. The van der Waals surface area contributed by atoms with Gasteiger partial charge >= 0.3 is 0 Å². The minimum Gasteiger partial charge on any atom is -0.495 e. The highest BCUT2D eigenvalue weighted by Gasteiger charge is 2.42. The number of benzene rings is 3. The Labute approximate surface area is 274 Å². The molecule has 2 atom stereocenters. The number of nitro groups is 2. The maximum Gasteiger partial charge on any atom is 0.271 e. The summed E-state index contributed by atoms with van der Waals surface area (Å²) >= 11 is 7.44. The Balaban J connectivity index is 1.41. The molecule has 5 aromatic rings. The first-order valence-corrected chi connectivity index (χ1v) is 15.4. The number of aryl methyl sites for hydroxylation is 1. The summed E-state index contributed by atoms with van der Waals surface area (Å²) in [5, 5.41) is 26.7. The van der Waals surface area contributed by atoms with Crippen molar-refractivity contribution in [2.75, 3.05) is 12.0 Å². The highest BCUT2D eigenvalue weighted by atomic mass is 32.2. The van der Waals surface area contributed by atoms with Gasteiger partial charge in [0.2, 0.25) is 0 Å².